The molecule has 0 bridgehead atoms. The summed E-state index contributed by atoms with van der Waals surface area (Å²) >= 11 is 2.19. The molecule has 0 saturated carbocycles. The molecule has 1 unspecified atom stereocenters. The van der Waals surface area contributed by atoms with Crippen molar-refractivity contribution in [2.24, 2.45) is 5.73 Å². The number of primary amides is 1. The highest BCUT2D eigenvalue weighted by atomic mass is 127. The van der Waals surface area contributed by atoms with Crippen LogP contribution in [-0.2, 0) is 4.74 Å². The number of carbonyl (C=O) groups is 1. The fourth-order valence-electron chi connectivity index (χ4n) is 2.20. The molecule has 0 aromatic carbocycles. The van der Waals surface area contributed by atoms with E-state index in [1.54, 1.807) is 10.7 Å². The van der Waals surface area contributed by atoms with Crippen molar-refractivity contribution in [3.63, 3.8) is 0 Å². The Bertz CT molecular complexity index is 629. The fraction of sp³-hybridized carbons (Fsp3) is 0.364. The van der Waals surface area contributed by atoms with Crippen molar-refractivity contribution in [3.8, 4) is 0 Å². The lowest BCUT2D eigenvalue weighted by Crippen LogP contribution is -2.27. The van der Waals surface area contributed by atoms with E-state index in [4.69, 9.17) is 10.5 Å². The average Bonchev–Trinajstić information content (AvgIpc) is 2.96. The Balaban J connectivity index is 1.81. The second-order valence-electron chi connectivity index (χ2n) is 4.34. The largest absolute Gasteiger partial charge is 0.444 e. The Morgan fingerprint density at radius 1 is 1.53 bits per heavy atom. The molecule has 2 aromatic heterocycles. The Hall–Kier alpha value is -1.58. The molecule has 3 heterocycles. The molecule has 100 valence electrons. The van der Waals surface area contributed by atoms with Gasteiger partial charge in [0.1, 0.15) is 15.6 Å². The van der Waals surface area contributed by atoms with E-state index in [1.807, 2.05) is 12.1 Å². The Morgan fingerprint density at radius 2 is 2.37 bits per heavy atom. The number of hydrogen-bond acceptors (Lipinski definition) is 5. The van der Waals surface area contributed by atoms with Crippen LogP contribution in [0, 0.1) is 3.70 Å². The van der Waals surface area contributed by atoms with E-state index < -0.39 is 6.09 Å². The van der Waals surface area contributed by atoms with Gasteiger partial charge in [0.05, 0.1) is 12.7 Å². The van der Waals surface area contributed by atoms with Gasteiger partial charge in [-0.2, -0.15) is 0 Å². The van der Waals surface area contributed by atoms with Gasteiger partial charge in [0.2, 0.25) is 0 Å². The summed E-state index contributed by atoms with van der Waals surface area (Å²) in [5.74, 6) is 0.846. The van der Waals surface area contributed by atoms with E-state index in [-0.39, 0.29) is 6.10 Å². The van der Waals surface area contributed by atoms with Crippen molar-refractivity contribution >= 4 is 40.1 Å². The van der Waals surface area contributed by atoms with Crippen LogP contribution in [0.25, 0.3) is 5.65 Å². The van der Waals surface area contributed by atoms with Gasteiger partial charge in [0.15, 0.2) is 5.65 Å². The maximum Gasteiger partial charge on any atom is 0.404 e. The summed E-state index contributed by atoms with van der Waals surface area (Å²) in [6, 6.07) is 3.85. The van der Waals surface area contributed by atoms with Crippen LogP contribution in [0.2, 0.25) is 0 Å². The molecule has 1 fully saturated rings. The van der Waals surface area contributed by atoms with Gasteiger partial charge in [-0.3, -0.25) is 0 Å². The highest BCUT2D eigenvalue weighted by Gasteiger charge is 2.26. The van der Waals surface area contributed by atoms with E-state index in [0.717, 1.165) is 28.1 Å². The molecular weight excluding hydrogens is 361 g/mol. The first-order valence-corrected chi connectivity index (χ1v) is 6.92. The molecule has 1 amide bonds. The molecular formula is C11H12IN5O2. The number of amides is 1. The minimum atomic E-state index is -0.723. The number of nitrogens with zero attached hydrogens (tertiary/aromatic N) is 4. The molecule has 19 heavy (non-hydrogen) atoms. The Morgan fingerprint density at radius 3 is 3.16 bits per heavy atom. The van der Waals surface area contributed by atoms with Crippen LogP contribution in [0.1, 0.15) is 6.42 Å². The Kier molecular flexibility index (Phi) is 3.17. The van der Waals surface area contributed by atoms with Crippen molar-refractivity contribution in [1.29, 1.82) is 0 Å². The highest BCUT2D eigenvalue weighted by Crippen LogP contribution is 2.20. The van der Waals surface area contributed by atoms with Crippen LogP contribution >= 0.6 is 22.6 Å². The number of ether oxygens (including phenoxy) is 1. The maximum absolute atomic E-state index is 10.7. The van der Waals surface area contributed by atoms with E-state index >= 15 is 0 Å². The standard InChI is InChI=1S/C11H12IN5O2/c12-8-5-14-9-1-2-10(15-17(8)9)16-4-3-7(6-16)19-11(13)18/h1-2,5,7H,3-4,6H2,(H2,13,18). The van der Waals surface area contributed by atoms with Gasteiger partial charge < -0.3 is 15.4 Å². The molecule has 0 aliphatic carbocycles. The minimum Gasteiger partial charge on any atom is -0.444 e. The third-order valence-electron chi connectivity index (χ3n) is 3.06. The van der Waals surface area contributed by atoms with Crippen LogP contribution in [0.3, 0.4) is 0 Å². The van der Waals surface area contributed by atoms with Gasteiger partial charge in [-0.1, -0.05) is 0 Å². The van der Waals surface area contributed by atoms with Crippen LogP contribution in [0.15, 0.2) is 18.3 Å². The summed E-state index contributed by atoms with van der Waals surface area (Å²) in [6.45, 7) is 1.41. The lowest BCUT2D eigenvalue weighted by atomic mass is 10.3. The quantitative estimate of drug-likeness (QED) is 0.795. The van der Waals surface area contributed by atoms with Gasteiger partial charge in [-0.05, 0) is 34.7 Å². The molecule has 3 rings (SSSR count). The van der Waals surface area contributed by atoms with Gasteiger partial charge >= 0.3 is 6.09 Å². The molecule has 1 atom stereocenters. The molecule has 1 aliphatic rings. The molecule has 2 aromatic rings. The third kappa shape index (κ3) is 2.44. The first kappa shape index (κ1) is 12.5. The topological polar surface area (TPSA) is 85.8 Å². The second-order valence-corrected chi connectivity index (χ2v) is 5.44. The number of carbonyl (C=O) groups excluding carboxylic acids is 1. The van der Waals surface area contributed by atoms with Crippen molar-refractivity contribution in [1.82, 2.24) is 14.6 Å². The van der Waals surface area contributed by atoms with Crippen molar-refractivity contribution < 1.29 is 9.53 Å². The van der Waals surface area contributed by atoms with Gasteiger partial charge in [0.25, 0.3) is 0 Å². The number of fused-ring (bicyclic) bond motifs is 1. The SMILES string of the molecule is NC(=O)OC1CCN(c2ccc3ncc(I)n3n2)C1. The zero-order chi connectivity index (χ0) is 13.4. The number of hydrogen-bond donors (Lipinski definition) is 1. The summed E-state index contributed by atoms with van der Waals surface area (Å²) in [5.41, 5.74) is 5.85. The average molecular weight is 373 g/mol. The van der Waals surface area contributed by atoms with Gasteiger partial charge in [-0.15, -0.1) is 5.10 Å². The van der Waals surface area contributed by atoms with Crippen LogP contribution in [0.5, 0.6) is 0 Å². The van der Waals surface area contributed by atoms with E-state index in [0.29, 0.717) is 6.54 Å². The molecule has 7 nitrogen and oxygen atoms in total. The zero-order valence-corrected chi connectivity index (χ0v) is 12.1. The lowest BCUT2D eigenvalue weighted by molar-refractivity contribution is 0.117. The van der Waals surface area contributed by atoms with E-state index in [2.05, 4.69) is 37.6 Å². The Labute approximate surface area is 122 Å². The molecule has 2 N–H and O–H groups in total. The normalized spacial score (nSPS) is 19.0. The van der Waals surface area contributed by atoms with E-state index in [9.17, 15) is 4.79 Å². The number of imidazole rings is 1. The van der Waals surface area contributed by atoms with Crippen molar-refractivity contribution in [2.75, 3.05) is 18.0 Å². The predicted molar refractivity (Wildman–Crippen MR) is 77.0 cm³/mol. The fourth-order valence-corrected chi connectivity index (χ4v) is 2.70. The lowest BCUT2D eigenvalue weighted by Gasteiger charge is -2.17. The monoisotopic (exact) mass is 373 g/mol. The zero-order valence-electron chi connectivity index (χ0n) is 9.99. The van der Waals surface area contributed by atoms with Crippen molar-refractivity contribution in [3.05, 3.63) is 22.0 Å². The first-order valence-electron chi connectivity index (χ1n) is 5.85. The van der Waals surface area contributed by atoms with Crippen LogP contribution < -0.4 is 10.6 Å². The smallest absolute Gasteiger partial charge is 0.404 e. The molecule has 0 radical (unpaired) electrons. The minimum absolute atomic E-state index is 0.156. The van der Waals surface area contributed by atoms with Crippen molar-refractivity contribution in [2.45, 2.75) is 12.5 Å². The number of aromatic nitrogens is 3. The highest BCUT2D eigenvalue weighted by molar-refractivity contribution is 14.1. The number of anilines is 1. The summed E-state index contributed by atoms with van der Waals surface area (Å²) in [6.07, 6.45) is 1.66. The number of halogens is 1. The van der Waals surface area contributed by atoms with Crippen LogP contribution in [0.4, 0.5) is 10.6 Å². The maximum atomic E-state index is 10.7. The number of nitrogens with two attached hydrogens (primary N) is 1. The van der Waals surface area contributed by atoms with E-state index in [1.165, 1.54) is 0 Å². The predicted octanol–water partition coefficient (Wildman–Crippen LogP) is 1.01. The third-order valence-corrected chi connectivity index (χ3v) is 3.79. The van der Waals surface area contributed by atoms with Gasteiger partial charge in [-0.25, -0.2) is 14.3 Å². The first-order chi connectivity index (χ1) is 9.13. The number of rotatable bonds is 2. The summed E-state index contributed by atoms with van der Waals surface area (Å²) in [4.78, 5) is 17.0. The molecule has 0 spiro atoms. The molecule has 8 heteroatoms. The molecule has 1 aliphatic heterocycles. The van der Waals surface area contributed by atoms with Crippen LogP contribution in [-0.4, -0.2) is 39.9 Å². The summed E-state index contributed by atoms with van der Waals surface area (Å²) in [5, 5.41) is 4.53. The van der Waals surface area contributed by atoms with Gasteiger partial charge in [0, 0.05) is 13.0 Å². The molecule has 1 saturated heterocycles. The second kappa shape index (κ2) is 4.83. The summed E-state index contributed by atoms with van der Waals surface area (Å²) < 4.78 is 7.75. The summed E-state index contributed by atoms with van der Waals surface area (Å²) in [7, 11) is 0.